The first kappa shape index (κ1) is 11.9. The fourth-order valence-electron chi connectivity index (χ4n) is 1.08. The van der Waals surface area contributed by atoms with E-state index in [1.807, 2.05) is 19.1 Å². The van der Waals surface area contributed by atoms with Gasteiger partial charge in [-0.1, -0.05) is 30.7 Å². The van der Waals surface area contributed by atoms with Crippen molar-refractivity contribution in [3.63, 3.8) is 0 Å². The quantitative estimate of drug-likeness (QED) is 0.358. The number of allylic oxidation sites excluding steroid dienone is 5. The second-order valence-corrected chi connectivity index (χ2v) is 3.36. The lowest BCUT2D eigenvalue weighted by molar-refractivity contribution is -0.112. The van der Waals surface area contributed by atoms with Crippen molar-refractivity contribution in [2.75, 3.05) is 0 Å². The Morgan fingerprint density at radius 2 is 2.00 bits per heavy atom. The van der Waals surface area contributed by atoms with Gasteiger partial charge in [0, 0.05) is 0 Å². The molecule has 13 heavy (non-hydrogen) atoms. The molecule has 0 aliphatic heterocycles. The fourth-order valence-corrected chi connectivity index (χ4v) is 1.08. The lowest BCUT2D eigenvalue weighted by Crippen LogP contribution is -1.88. The van der Waals surface area contributed by atoms with E-state index in [2.05, 4.69) is 19.6 Å². The van der Waals surface area contributed by atoms with Crippen LogP contribution in [0.25, 0.3) is 0 Å². The number of carbonyl (C=O) groups excluding carboxylic acids is 1. The summed E-state index contributed by atoms with van der Waals surface area (Å²) < 4.78 is 0. The van der Waals surface area contributed by atoms with E-state index in [1.54, 1.807) is 13.0 Å². The van der Waals surface area contributed by atoms with Gasteiger partial charge in [-0.25, -0.2) is 0 Å². The van der Waals surface area contributed by atoms with Gasteiger partial charge in [0.1, 0.15) is 0 Å². The molecule has 0 heterocycles. The predicted octanol–water partition coefficient (Wildman–Crippen LogP) is 3.29. The lowest BCUT2D eigenvalue weighted by atomic mass is 10.0. The van der Waals surface area contributed by atoms with E-state index in [9.17, 15) is 4.79 Å². The summed E-state index contributed by atoms with van der Waals surface area (Å²) in [5, 5.41) is 0. The third-order valence-corrected chi connectivity index (χ3v) is 1.67. The van der Waals surface area contributed by atoms with Gasteiger partial charge >= 0.3 is 0 Å². The average molecular weight is 178 g/mol. The van der Waals surface area contributed by atoms with Gasteiger partial charge < -0.3 is 0 Å². The Morgan fingerprint density at radius 1 is 1.38 bits per heavy atom. The summed E-state index contributed by atoms with van der Waals surface area (Å²) in [6.07, 6.45) is 8.46. The van der Waals surface area contributed by atoms with E-state index < -0.39 is 0 Å². The van der Waals surface area contributed by atoms with Crippen LogP contribution >= 0.6 is 0 Å². The highest BCUT2D eigenvalue weighted by Crippen LogP contribution is 2.08. The molecule has 1 nitrogen and oxygen atoms in total. The van der Waals surface area contributed by atoms with Crippen LogP contribution in [0.4, 0.5) is 0 Å². The summed E-state index contributed by atoms with van der Waals surface area (Å²) in [5.74, 6) is 0.582. The number of rotatable bonds is 5. The number of carbonyl (C=O) groups is 1. The normalized spacial score (nSPS) is 14.5. The minimum atomic E-state index is 0.0872. The number of hydrogen-bond acceptors (Lipinski definition) is 1. The minimum absolute atomic E-state index is 0.0872. The zero-order valence-electron chi connectivity index (χ0n) is 8.71. The summed E-state index contributed by atoms with van der Waals surface area (Å²) in [7, 11) is 0. The Morgan fingerprint density at radius 3 is 2.46 bits per heavy atom. The Labute approximate surface area is 80.8 Å². The first-order valence-electron chi connectivity index (χ1n) is 4.54. The third kappa shape index (κ3) is 7.26. The molecule has 1 unspecified atom stereocenters. The smallest absolute Gasteiger partial charge is 0.152 e. The third-order valence-electron chi connectivity index (χ3n) is 1.67. The molecule has 0 fully saturated rings. The highest BCUT2D eigenvalue weighted by Gasteiger charge is 1.93. The minimum Gasteiger partial charge on any atom is -0.295 e. The summed E-state index contributed by atoms with van der Waals surface area (Å²) in [6.45, 7) is 9.36. The molecule has 0 N–H and O–H groups in total. The molecule has 0 saturated heterocycles. The first-order chi connectivity index (χ1) is 6.06. The maximum atomic E-state index is 10.6. The lowest BCUT2D eigenvalue weighted by Gasteiger charge is -2.01. The molecule has 1 atom stereocenters. The maximum absolute atomic E-state index is 10.6. The molecule has 0 radical (unpaired) electrons. The Balaban J connectivity index is 4.15. The molecular formula is C12H18O. The molecule has 0 rings (SSSR count). The Bertz CT molecular complexity index is 234. The van der Waals surface area contributed by atoms with E-state index in [4.69, 9.17) is 0 Å². The van der Waals surface area contributed by atoms with Crippen molar-refractivity contribution in [2.24, 2.45) is 5.92 Å². The van der Waals surface area contributed by atoms with Crippen LogP contribution < -0.4 is 0 Å². The average Bonchev–Trinajstić information content (AvgIpc) is 2.01. The molecular weight excluding hydrogens is 160 g/mol. The van der Waals surface area contributed by atoms with Crippen LogP contribution in [0.2, 0.25) is 0 Å². The van der Waals surface area contributed by atoms with Gasteiger partial charge in [0.25, 0.3) is 0 Å². The topological polar surface area (TPSA) is 17.1 Å². The van der Waals surface area contributed by atoms with Gasteiger partial charge in [-0.2, -0.15) is 0 Å². The van der Waals surface area contributed by atoms with Crippen LogP contribution in [0, 0.1) is 5.92 Å². The molecule has 1 heteroatoms. The number of hydrogen-bond donors (Lipinski definition) is 0. The monoisotopic (exact) mass is 178 g/mol. The summed E-state index contributed by atoms with van der Waals surface area (Å²) in [4.78, 5) is 10.6. The zero-order chi connectivity index (χ0) is 10.3. The summed E-state index contributed by atoms with van der Waals surface area (Å²) in [6, 6.07) is 0. The summed E-state index contributed by atoms with van der Waals surface area (Å²) >= 11 is 0. The maximum Gasteiger partial charge on any atom is 0.152 e. The van der Waals surface area contributed by atoms with E-state index in [1.165, 1.54) is 0 Å². The highest BCUT2D eigenvalue weighted by molar-refractivity contribution is 5.87. The van der Waals surface area contributed by atoms with Crippen molar-refractivity contribution in [1.29, 1.82) is 0 Å². The molecule has 0 saturated carbocycles. The zero-order valence-corrected chi connectivity index (χ0v) is 8.71. The summed E-state index contributed by atoms with van der Waals surface area (Å²) in [5.41, 5.74) is 1.13. The van der Waals surface area contributed by atoms with Gasteiger partial charge in [-0.3, -0.25) is 4.79 Å². The Hall–Kier alpha value is -1.11. The molecule has 0 aliphatic rings. The van der Waals surface area contributed by atoms with Crippen molar-refractivity contribution in [3.8, 4) is 0 Å². The molecule has 0 aromatic rings. The van der Waals surface area contributed by atoms with Crippen molar-refractivity contribution in [1.82, 2.24) is 0 Å². The van der Waals surface area contributed by atoms with Gasteiger partial charge in [0.05, 0.1) is 0 Å². The molecule has 0 aromatic carbocycles. The molecule has 0 amide bonds. The van der Waals surface area contributed by atoms with E-state index in [-0.39, 0.29) is 5.78 Å². The van der Waals surface area contributed by atoms with Gasteiger partial charge in [0.15, 0.2) is 5.78 Å². The van der Waals surface area contributed by atoms with Gasteiger partial charge in [-0.05, 0) is 32.3 Å². The van der Waals surface area contributed by atoms with Crippen molar-refractivity contribution < 1.29 is 4.79 Å². The molecule has 72 valence electrons. The SMILES string of the molecule is C=CCC(C)C=C(C)C=CC(C)=O. The highest BCUT2D eigenvalue weighted by atomic mass is 16.1. The van der Waals surface area contributed by atoms with Gasteiger partial charge in [-0.15, -0.1) is 6.58 Å². The van der Waals surface area contributed by atoms with Crippen LogP contribution in [0.3, 0.4) is 0 Å². The predicted molar refractivity (Wildman–Crippen MR) is 57.6 cm³/mol. The molecule has 0 aromatic heterocycles. The van der Waals surface area contributed by atoms with Crippen molar-refractivity contribution in [3.05, 3.63) is 36.5 Å². The van der Waals surface area contributed by atoms with Crippen LogP contribution in [0.15, 0.2) is 36.5 Å². The van der Waals surface area contributed by atoms with Crippen molar-refractivity contribution >= 4 is 5.78 Å². The number of ketones is 1. The fraction of sp³-hybridized carbons (Fsp3) is 0.417. The molecule has 0 spiro atoms. The molecule has 0 bridgehead atoms. The Kier molecular flexibility index (Phi) is 5.86. The van der Waals surface area contributed by atoms with E-state index >= 15 is 0 Å². The largest absolute Gasteiger partial charge is 0.295 e. The van der Waals surface area contributed by atoms with E-state index in [0.29, 0.717) is 5.92 Å². The van der Waals surface area contributed by atoms with Crippen LogP contribution in [-0.2, 0) is 4.79 Å². The van der Waals surface area contributed by atoms with Crippen molar-refractivity contribution in [2.45, 2.75) is 27.2 Å². The second kappa shape index (κ2) is 6.41. The molecule has 0 aliphatic carbocycles. The van der Waals surface area contributed by atoms with Gasteiger partial charge in [0.2, 0.25) is 0 Å². The first-order valence-corrected chi connectivity index (χ1v) is 4.54. The second-order valence-electron chi connectivity index (χ2n) is 3.36. The van der Waals surface area contributed by atoms with Crippen LogP contribution in [0.5, 0.6) is 0 Å². The van der Waals surface area contributed by atoms with Crippen LogP contribution in [-0.4, -0.2) is 5.78 Å². The van der Waals surface area contributed by atoms with Crippen LogP contribution in [0.1, 0.15) is 27.2 Å². The van der Waals surface area contributed by atoms with E-state index in [0.717, 1.165) is 12.0 Å². The standard InChI is InChI=1S/C12H18O/c1-5-6-10(2)9-11(3)7-8-12(4)13/h5,7-10H,1,6H2,2-4H3.